The molecule has 168 valence electrons. The number of benzene rings is 3. The number of anilines is 1. The second kappa shape index (κ2) is 9.99. The zero-order chi connectivity index (χ0) is 23.5. The summed E-state index contributed by atoms with van der Waals surface area (Å²) in [6, 6.07) is 17.9. The molecule has 33 heavy (non-hydrogen) atoms. The lowest BCUT2D eigenvalue weighted by Gasteiger charge is -2.14. The molecule has 9 heteroatoms. The van der Waals surface area contributed by atoms with E-state index < -0.39 is 0 Å². The van der Waals surface area contributed by atoms with Crippen molar-refractivity contribution in [2.24, 2.45) is 0 Å². The molecule has 1 aromatic heterocycles. The van der Waals surface area contributed by atoms with Crippen LogP contribution >= 0.6 is 39.3 Å². The lowest BCUT2D eigenvalue weighted by atomic mass is 10.2. The molecule has 3 aromatic carbocycles. The Morgan fingerprint density at radius 1 is 1.18 bits per heavy atom. The highest BCUT2D eigenvalue weighted by Gasteiger charge is 2.16. The van der Waals surface area contributed by atoms with Gasteiger partial charge in [0.1, 0.15) is 5.75 Å². The Morgan fingerprint density at radius 2 is 1.91 bits per heavy atom. The normalized spacial score (nSPS) is 10.9. The maximum absolute atomic E-state index is 13.3. The third-order valence-electron chi connectivity index (χ3n) is 4.92. The number of rotatable bonds is 6. The standard InChI is InChI=1S/C24H19BrClN3O3S/c1-14-11-20(21(32-2)12-18(14)26)27-22(30)13-33-24-28-19-6-4-3-5-17(19)23(31)29(24)16-9-7-15(25)8-10-16/h3-12H,13H2,1-2H3,(H,27,30). The maximum atomic E-state index is 13.3. The third-order valence-corrected chi connectivity index (χ3v) is 6.79. The van der Waals surface area contributed by atoms with Crippen molar-refractivity contribution in [3.63, 3.8) is 0 Å². The number of hydrogen-bond donors (Lipinski definition) is 1. The second-order valence-electron chi connectivity index (χ2n) is 7.17. The number of fused-ring (bicyclic) bond motifs is 1. The molecule has 4 aromatic rings. The fourth-order valence-corrected chi connectivity index (χ4v) is 4.50. The van der Waals surface area contributed by atoms with Crippen molar-refractivity contribution in [1.82, 2.24) is 9.55 Å². The number of nitrogens with zero attached hydrogens (tertiary/aromatic N) is 2. The molecule has 0 aliphatic heterocycles. The van der Waals surface area contributed by atoms with Gasteiger partial charge in [-0.05, 0) is 55.0 Å². The first-order valence-corrected chi connectivity index (χ1v) is 12.1. The molecule has 0 aliphatic rings. The van der Waals surface area contributed by atoms with Gasteiger partial charge in [-0.25, -0.2) is 4.98 Å². The molecule has 0 bridgehead atoms. The van der Waals surface area contributed by atoms with Gasteiger partial charge in [-0.3, -0.25) is 14.2 Å². The van der Waals surface area contributed by atoms with Gasteiger partial charge in [-0.15, -0.1) is 0 Å². The van der Waals surface area contributed by atoms with Crippen LogP contribution in [0.4, 0.5) is 5.69 Å². The van der Waals surface area contributed by atoms with Crippen LogP contribution in [0, 0.1) is 6.92 Å². The number of aryl methyl sites for hydroxylation is 1. The fourth-order valence-electron chi connectivity index (χ4n) is 3.27. The van der Waals surface area contributed by atoms with E-state index in [2.05, 4.69) is 26.2 Å². The van der Waals surface area contributed by atoms with Crippen molar-refractivity contribution in [3.8, 4) is 11.4 Å². The first-order chi connectivity index (χ1) is 15.9. The first-order valence-electron chi connectivity index (χ1n) is 9.92. The number of amides is 1. The van der Waals surface area contributed by atoms with E-state index in [0.717, 1.165) is 10.0 Å². The van der Waals surface area contributed by atoms with Crippen molar-refractivity contribution in [3.05, 3.63) is 86.1 Å². The van der Waals surface area contributed by atoms with E-state index in [0.29, 0.717) is 38.2 Å². The first kappa shape index (κ1) is 23.4. The summed E-state index contributed by atoms with van der Waals surface area (Å²) in [6.07, 6.45) is 0. The Kier molecular flexibility index (Phi) is 7.07. The molecular formula is C24H19BrClN3O3S. The molecule has 0 fully saturated rings. The van der Waals surface area contributed by atoms with E-state index in [1.807, 2.05) is 37.3 Å². The summed E-state index contributed by atoms with van der Waals surface area (Å²) in [7, 11) is 1.52. The van der Waals surface area contributed by atoms with Gasteiger partial charge < -0.3 is 10.1 Å². The summed E-state index contributed by atoms with van der Waals surface area (Å²) in [4.78, 5) is 30.7. The molecule has 0 radical (unpaired) electrons. The molecule has 1 N–H and O–H groups in total. The van der Waals surface area contributed by atoms with Crippen molar-refractivity contribution in [2.75, 3.05) is 18.2 Å². The number of aromatic nitrogens is 2. The topological polar surface area (TPSA) is 73.2 Å². The zero-order valence-electron chi connectivity index (χ0n) is 17.8. The van der Waals surface area contributed by atoms with Crippen molar-refractivity contribution < 1.29 is 9.53 Å². The van der Waals surface area contributed by atoms with Gasteiger partial charge in [0.25, 0.3) is 5.56 Å². The van der Waals surface area contributed by atoms with E-state index in [9.17, 15) is 9.59 Å². The van der Waals surface area contributed by atoms with Crippen LogP contribution in [0.15, 0.2) is 75.1 Å². The number of nitrogens with one attached hydrogen (secondary N) is 1. The summed E-state index contributed by atoms with van der Waals surface area (Å²) >= 11 is 10.8. The number of para-hydroxylation sites is 1. The number of hydrogen-bond acceptors (Lipinski definition) is 5. The van der Waals surface area contributed by atoms with Crippen LogP contribution in [0.3, 0.4) is 0 Å². The molecule has 0 saturated carbocycles. The lowest BCUT2D eigenvalue weighted by Crippen LogP contribution is -2.23. The SMILES string of the molecule is COc1cc(Cl)c(C)cc1NC(=O)CSc1nc2ccccc2c(=O)n1-c1ccc(Br)cc1. The van der Waals surface area contributed by atoms with Crippen LogP contribution in [0.5, 0.6) is 5.75 Å². The Balaban J connectivity index is 1.65. The largest absolute Gasteiger partial charge is 0.495 e. The van der Waals surface area contributed by atoms with E-state index in [1.54, 1.807) is 30.3 Å². The minimum Gasteiger partial charge on any atom is -0.495 e. The summed E-state index contributed by atoms with van der Waals surface area (Å²) < 4.78 is 7.75. The number of carbonyl (C=O) groups is 1. The van der Waals surface area contributed by atoms with Crippen LogP contribution < -0.4 is 15.6 Å². The number of methoxy groups -OCH3 is 1. The van der Waals surface area contributed by atoms with E-state index in [-0.39, 0.29) is 17.2 Å². The monoisotopic (exact) mass is 543 g/mol. The van der Waals surface area contributed by atoms with Gasteiger partial charge in [0, 0.05) is 15.6 Å². The third kappa shape index (κ3) is 5.08. The van der Waals surface area contributed by atoms with Gasteiger partial charge in [0.2, 0.25) is 5.91 Å². The van der Waals surface area contributed by atoms with E-state index in [4.69, 9.17) is 16.3 Å². The molecule has 0 saturated heterocycles. The highest BCUT2D eigenvalue weighted by atomic mass is 79.9. The average molecular weight is 545 g/mol. The molecule has 6 nitrogen and oxygen atoms in total. The summed E-state index contributed by atoms with van der Waals surface area (Å²) in [5, 5.41) is 4.34. The Labute approximate surface area is 208 Å². The van der Waals surface area contributed by atoms with Crippen LogP contribution in [-0.2, 0) is 4.79 Å². The number of carbonyl (C=O) groups excluding carboxylic acids is 1. The molecular weight excluding hydrogens is 526 g/mol. The van der Waals surface area contributed by atoms with Gasteiger partial charge in [-0.1, -0.05) is 51.4 Å². The Bertz CT molecular complexity index is 1410. The summed E-state index contributed by atoms with van der Waals surface area (Å²) in [5.74, 6) is 0.260. The average Bonchev–Trinajstić information content (AvgIpc) is 2.81. The molecule has 0 atom stereocenters. The Hall–Kier alpha value is -2.81. The maximum Gasteiger partial charge on any atom is 0.266 e. The molecule has 1 heterocycles. The molecule has 4 rings (SSSR count). The predicted octanol–water partition coefficient (Wildman–Crippen LogP) is 5.85. The smallest absolute Gasteiger partial charge is 0.266 e. The van der Waals surface area contributed by atoms with E-state index in [1.165, 1.54) is 23.4 Å². The van der Waals surface area contributed by atoms with Crippen LogP contribution in [0.25, 0.3) is 16.6 Å². The zero-order valence-corrected chi connectivity index (χ0v) is 20.9. The van der Waals surface area contributed by atoms with Crippen LogP contribution in [0.1, 0.15) is 5.56 Å². The highest BCUT2D eigenvalue weighted by molar-refractivity contribution is 9.10. The van der Waals surface area contributed by atoms with Crippen molar-refractivity contribution in [1.29, 1.82) is 0 Å². The Morgan fingerprint density at radius 3 is 2.64 bits per heavy atom. The summed E-state index contributed by atoms with van der Waals surface area (Å²) in [5.41, 5.74) is 2.40. The predicted molar refractivity (Wildman–Crippen MR) is 137 cm³/mol. The minimum atomic E-state index is -0.259. The molecule has 0 spiro atoms. The number of halogens is 2. The van der Waals surface area contributed by atoms with Gasteiger partial charge in [-0.2, -0.15) is 0 Å². The van der Waals surface area contributed by atoms with Gasteiger partial charge in [0.15, 0.2) is 5.16 Å². The van der Waals surface area contributed by atoms with Crippen molar-refractivity contribution >= 4 is 61.8 Å². The highest BCUT2D eigenvalue weighted by Crippen LogP contribution is 2.31. The summed E-state index contributed by atoms with van der Waals surface area (Å²) in [6.45, 7) is 1.85. The molecule has 0 aliphatic carbocycles. The lowest BCUT2D eigenvalue weighted by molar-refractivity contribution is -0.113. The fraction of sp³-hybridized carbons (Fsp3) is 0.125. The minimum absolute atomic E-state index is 0.0478. The molecule has 0 unspecified atom stereocenters. The quantitative estimate of drug-likeness (QED) is 0.244. The van der Waals surface area contributed by atoms with Crippen molar-refractivity contribution in [2.45, 2.75) is 12.1 Å². The number of thioether (sulfide) groups is 1. The van der Waals surface area contributed by atoms with Gasteiger partial charge in [0.05, 0.1) is 35.1 Å². The van der Waals surface area contributed by atoms with Crippen LogP contribution in [0.2, 0.25) is 5.02 Å². The van der Waals surface area contributed by atoms with E-state index >= 15 is 0 Å². The van der Waals surface area contributed by atoms with Crippen LogP contribution in [-0.4, -0.2) is 28.3 Å². The number of ether oxygens (including phenoxy) is 1. The second-order valence-corrected chi connectivity index (χ2v) is 9.43. The van der Waals surface area contributed by atoms with Gasteiger partial charge >= 0.3 is 0 Å². The molecule has 1 amide bonds.